The zero-order valence-corrected chi connectivity index (χ0v) is 11.7. The van der Waals surface area contributed by atoms with Gasteiger partial charge in [-0.2, -0.15) is 4.31 Å². The summed E-state index contributed by atoms with van der Waals surface area (Å²) in [6.07, 6.45) is 3.83. The van der Waals surface area contributed by atoms with E-state index in [2.05, 4.69) is 9.97 Å². The lowest BCUT2D eigenvalue weighted by Gasteiger charge is -2.14. The number of nitrogens with zero attached hydrogens (tertiary/aromatic N) is 2. The maximum absolute atomic E-state index is 12.5. The van der Waals surface area contributed by atoms with Gasteiger partial charge >= 0.3 is 0 Å². The molecule has 3 rings (SSSR count). The largest absolute Gasteiger partial charge is 0.345 e. The molecule has 6 nitrogen and oxygen atoms in total. The Kier molecular flexibility index (Phi) is 3.82. The molecular formula is C11H15ClN4O2S. The van der Waals surface area contributed by atoms with E-state index in [1.165, 1.54) is 10.5 Å². The summed E-state index contributed by atoms with van der Waals surface area (Å²) in [6.45, 7) is 0.867. The zero-order valence-electron chi connectivity index (χ0n) is 10.1. The maximum Gasteiger partial charge on any atom is 0.245 e. The van der Waals surface area contributed by atoms with E-state index in [9.17, 15) is 8.42 Å². The third kappa shape index (κ3) is 2.34. The van der Waals surface area contributed by atoms with Crippen molar-refractivity contribution < 1.29 is 8.42 Å². The van der Waals surface area contributed by atoms with E-state index in [1.807, 2.05) is 0 Å². The van der Waals surface area contributed by atoms with Crippen molar-refractivity contribution in [3.05, 3.63) is 24.5 Å². The van der Waals surface area contributed by atoms with Crippen LogP contribution in [0.25, 0.3) is 11.0 Å². The molecule has 2 aromatic heterocycles. The van der Waals surface area contributed by atoms with E-state index in [0.717, 1.165) is 0 Å². The number of H-pyrrole nitrogens is 1. The van der Waals surface area contributed by atoms with E-state index in [0.29, 0.717) is 30.5 Å². The molecule has 104 valence electrons. The van der Waals surface area contributed by atoms with Crippen molar-refractivity contribution in [3.8, 4) is 0 Å². The van der Waals surface area contributed by atoms with Gasteiger partial charge < -0.3 is 10.7 Å². The van der Waals surface area contributed by atoms with Crippen molar-refractivity contribution in [2.24, 2.45) is 5.73 Å². The van der Waals surface area contributed by atoms with Gasteiger partial charge in [-0.15, -0.1) is 12.4 Å². The molecule has 1 aliphatic rings. The highest BCUT2D eigenvalue weighted by molar-refractivity contribution is 7.89. The van der Waals surface area contributed by atoms with E-state index < -0.39 is 10.0 Å². The van der Waals surface area contributed by atoms with Crippen LogP contribution in [0.2, 0.25) is 0 Å². The number of aromatic amines is 1. The van der Waals surface area contributed by atoms with Crippen LogP contribution in [-0.2, 0) is 10.0 Å². The maximum atomic E-state index is 12.5. The van der Waals surface area contributed by atoms with E-state index >= 15 is 0 Å². The standard InChI is InChI=1S/C11H14N4O2S.ClH/c12-8-3-5-15(7-8)18(16,17)10-6-14-11-9(10)2-1-4-13-11;/h1-2,4,6,8H,3,5,7,12H2,(H,13,14);1H/t8-;/m0./s1. The lowest BCUT2D eigenvalue weighted by Crippen LogP contribution is -2.31. The molecule has 0 amide bonds. The molecule has 0 aliphatic carbocycles. The first kappa shape index (κ1) is 14.3. The topological polar surface area (TPSA) is 92.1 Å². The van der Waals surface area contributed by atoms with Crippen LogP contribution >= 0.6 is 12.4 Å². The lowest BCUT2D eigenvalue weighted by atomic mass is 10.3. The van der Waals surface area contributed by atoms with Crippen LogP contribution in [0.4, 0.5) is 0 Å². The number of hydrogen-bond acceptors (Lipinski definition) is 4. The second-order valence-electron chi connectivity index (χ2n) is 4.46. The number of aromatic nitrogens is 2. The minimum atomic E-state index is -3.47. The fourth-order valence-electron chi connectivity index (χ4n) is 2.26. The molecule has 0 spiro atoms. The van der Waals surface area contributed by atoms with Crippen molar-refractivity contribution in [2.45, 2.75) is 17.4 Å². The second kappa shape index (κ2) is 5.09. The summed E-state index contributed by atoms with van der Waals surface area (Å²) >= 11 is 0. The van der Waals surface area contributed by atoms with E-state index in [1.54, 1.807) is 18.3 Å². The number of fused-ring (bicyclic) bond motifs is 1. The minimum Gasteiger partial charge on any atom is -0.345 e. The van der Waals surface area contributed by atoms with Crippen LogP contribution < -0.4 is 5.73 Å². The van der Waals surface area contributed by atoms with Crippen molar-refractivity contribution in [2.75, 3.05) is 13.1 Å². The summed E-state index contributed by atoms with van der Waals surface area (Å²) in [7, 11) is -3.47. The Morgan fingerprint density at radius 1 is 1.47 bits per heavy atom. The molecule has 0 bridgehead atoms. The molecule has 1 atom stereocenters. The van der Waals surface area contributed by atoms with Gasteiger partial charge in [-0.1, -0.05) is 0 Å². The number of pyridine rings is 1. The van der Waals surface area contributed by atoms with Crippen molar-refractivity contribution in [3.63, 3.8) is 0 Å². The zero-order chi connectivity index (χ0) is 12.8. The Morgan fingerprint density at radius 2 is 2.26 bits per heavy atom. The van der Waals surface area contributed by atoms with Gasteiger partial charge in [-0.25, -0.2) is 13.4 Å². The fraction of sp³-hybridized carbons (Fsp3) is 0.364. The Labute approximate surface area is 117 Å². The molecule has 0 unspecified atom stereocenters. The summed E-state index contributed by atoms with van der Waals surface area (Å²) in [5, 5.41) is 0.623. The van der Waals surface area contributed by atoms with Crippen LogP contribution in [0, 0.1) is 0 Å². The Bertz CT molecular complexity index is 685. The summed E-state index contributed by atoms with van der Waals surface area (Å²) < 4.78 is 26.4. The predicted molar refractivity (Wildman–Crippen MR) is 74.7 cm³/mol. The molecule has 0 aromatic carbocycles. The molecule has 3 N–H and O–H groups in total. The Balaban J connectivity index is 0.00000133. The highest BCUT2D eigenvalue weighted by Gasteiger charge is 2.32. The number of nitrogens with two attached hydrogens (primary N) is 1. The number of halogens is 1. The normalized spacial score (nSPS) is 20.6. The van der Waals surface area contributed by atoms with Crippen LogP contribution in [0.15, 0.2) is 29.4 Å². The van der Waals surface area contributed by atoms with Crippen LogP contribution in [0.3, 0.4) is 0 Å². The Morgan fingerprint density at radius 3 is 2.95 bits per heavy atom. The van der Waals surface area contributed by atoms with Crippen LogP contribution in [-0.4, -0.2) is 41.8 Å². The second-order valence-corrected chi connectivity index (χ2v) is 6.37. The van der Waals surface area contributed by atoms with E-state index in [4.69, 9.17) is 5.73 Å². The van der Waals surface area contributed by atoms with Gasteiger partial charge in [0.2, 0.25) is 10.0 Å². The van der Waals surface area contributed by atoms with Crippen LogP contribution in [0.1, 0.15) is 6.42 Å². The van der Waals surface area contributed by atoms with Gasteiger partial charge in [0.05, 0.1) is 0 Å². The third-order valence-electron chi connectivity index (χ3n) is 3.22. The summed E-state index contributed by atoms with van der Waals surface area (Å²) in [4.78, 5) is 7.25. The van der Waals surface area contributed by atoms with Crippen molar-refractivity contribution in [1.82, 2.24) is 14.3 Å². The summed E-state index contributed by atoms with van der Waals surface area (Å²) in [6, 6.07) is 3.41. The molecule has 2 aromatic rings. The molecule has 1 fully saturated rings. The molecule has 8 heteroatoms. The van der Waals surface area contributed by atoms with Gasteiger partial charge in [-0.3, -0.25) is 0 Å². The third-order valence-corrected chi connectivity index (χ3v) is 5.12. The van der Waals surface area contributed by atoms with Gasteiger partial charge in [0.15, 0.2) is 0 Å². The highest BCUT2D eigenvalue weighted by atomic mass is 35.5. The molecule has 19 heavy (non-hydrogen) atoms. The monoisotopic (exact) mass is 302 g/mol. The molecule has 0 radical (unpaired) electrons. The van der Waals surface area contributed by atoms with Gasteiger partial charge in [0.25, 0.3) is 0 Å². The average molecular weight is 303 g/mol. The summed E-state index contributed by atoms with van der Waals surface area (Å²) in [5.41, 5.74) is 6.34. The first-order valence-corrected chi connectivity index (χ1v) is 7.21. The minimum absolute atomic E-state index is 0. The fourth-order valence-corrected chi connectivity index (χ4v) is 3.92. The first-order valence-electron chi connectivity index (χ1n) is 5.77. The molecular weight excluding hydrogens is 288 g/mol. The first-order chi connectivity index (χ1) is 8.59. The van der Waals surface area contributed by atoms with Gasteiger partial charge in [-0.05, 0) is 18.6 Å². The highest BCUT2D eigenvalue weighted by Crippen LogP contribution is 2.26. The SMILES string of the molecule is Cl.N[C@H]1CCN(S(=O)(=O)c2c[nH]c3ncccc23)C1. The number of hydrogen-bond donors (Lipinski definition) is 2. The predicted octanol–water partition coefficient (Wildman–Crippen LogP) is 0.706. The lowest BCUT2D eigenvalue weighted by molar-refractivity contribution is 0.473. The quantitative estimate of drug-likeness (QED) is 0.854. The molecule has 1 saturated heterocycles. The van der Waals surface area contributed by atoms with Crippen molar-refractivity contribution >= 4 is 33.5 Å². The number of nitrogens with one attached hydrogen (secondary N) is 1. The van der Waals surface area contributed by atoms with Gasteiger partial charge in [0, 0.05) is 36.9 Å². The van der Waals surface area contributed by atoms with Crippen LogP contribution in [0.5, 0.6) is 0 Å². The van der Waals surface area contributed by atoms with Crippen molar-refractivity contribution in [1.29, 1.82) is 0 Å². The molecule has 0 saturated carbocycles. The molecule has 3 heterocycles. The number of rotatable bonds is 2. The average Bonchev–Trinajstić information content (AvgIpc) is 2.95. The molecule has 1 aliphatic heterocycles. The Hall–Kier alpha value is -1.15. The van der Waals surface area contributed by atoms with Gasteiger partial charge in [0.1, 0.15) is 10.5 Å². The smallest absolute Gasteiger partial charge is 0.245 e. The summed E-state index contributed by atoms with van der Waals surface area (Å²) in [5.74, 6) is 0. The number of sulfonamides is 1. The van der Waals surface area contributed by atoms with E-state index in [-0.39, 0.29) is 23.3 Å².